The van der Waals surface area contributed by atoms with Crippen LogP contribution in [0.15, 0.2) is 121 Å². The van der Waals surface area contributed by atoms with Crippen LogP contribution in [0.25, 0.3) is 86.2 Å². The van der Waals surface area contributed by atoms with Crippen molar-refractivity contribution in [2.75, 3.05) is 0 Å². The summed E-state index contributed by atoms with van der Waals surface area (Å²) in [6.45, 7) is 17.0. The molecule has 0 aliphatic heterocycles. The van der Waals surface area contributed by atoms with E-state index in [9.17, 15) is 10.5 Å². The van der Waals surface area contributed by atoms with Gasteiger partial charge in [-0.3, -0.25) is 0 Å². The molecule has 9 aromatic rings. The Labute approximate surface area is 274 Å². The Balaban J connectivity index is 1.50. The van der Waals surface area contributed by atoms with Gasteiger partial charge in [0.25, 0.3) is 0 Å². The van der Waals surface area contributed by atoms with E-state index in [4.69, 9.17) is 13.1 Å². The third-order valence-electron chi connectivity index (χ3n) is 9.41. The first-order chi connectivity index (χ1) is 23.7. The molecule has 0 saturated carbocycles. The zero-order valence-electron chi connectivity index (χ0n) is 25.2. The largest absolute Gasteiger partial charge is 0.329 e. The molecule has 0 unspecified atom stereocenters. The van der Waals surface area contributed by atoms with Gasteiger partial charge >= 0.3 is 0 Å². The smallest absolute Gasteiger partial charge is 0.219 e. The lowest BCUT2D eigenvalue weighted by Gasteiger charge is -2.20. The number of nitriles is 2. The molecule has 48 heavy (non-hydrogen) atoms. The minimum atomic E-state index is 0.0278. The van der Waals surface area contributed by atoms with Crippen LogP contribution < -0.4 is 0 Å². The zero-order chi connectivity index (χ0) is 32.5. The number of benzene rings is 7. The van der Waals surface area contributed by atoms with E-state index in [2.05, 4.69) is 46.1 Å². The Morgan fingerprint density at radius 3 is 1.27 bits per heavy atom. The third kappa shape index (κ3) is 3.41. The first kappa shape index (κ1) is 27.0. The third-order valence-corrected chi connectivity index (χ3v) is 9.41. The van der Waals surface area contributed by atoms with Crippen molar-refractivity contribution in [1.29, 1.82) is 10.5 Å². The first-order valence-corrected chi connectivity index (χ1v) is 15.3. The van der Waals surface area contributed by atoms with Gasteiger partial charge in [0.1, 0.15) is 0 Å². The van der Waals surface area contributed by atoms with E-state index in [1.165, 1.54) is 0 Å². The van der Waals surface area contributed by atoms with Gasteiger partial charge in [0.2, 0.25) is 11.4 Å². The van der Waals surface area contributed by atoms with E-state index in [1.807, 2.05) is 106 Å². The maximum atomic E-state index is 10.9. The summed E-state index contributed by atoms with van der Waals surface area (Å²) in [4.78, 5) is 7.96. The second kappa shape index (κ2) is 10.1. The van der Waals surface area contributed by atoms with Crippen LogP contribution in [0, 0.1) is 35.8 Å². The SMILES string of the molecule is [C-]#[N+]c1c(C#N)c(-n2c3ccccc3c3c4ccccc4ccc32)c(C#N)c([N+]#[C-])c1-n1c2ccccc2c2c3ccccc3ccc21. The summed E-state index contributed by atoms with van der Waals surface area (Å²) in [5.41, 5.74) is 3.76. The number of aromatic nitrogens is 2. The quantitative estimate of drug-likeness (QED) is 0.183. The number of rotatable bonds is 2. The van der Waals surface area contributed by atoms with E-state index in [0.717, 1.165) is 65.2 Å². The number of hydrogen-bond donors (Lipinski definition) is 0. The molecular weight excluding hydrogens is 589 g/mol. The monoisotopic (exact) mass is 608 g/mol. The number of nitrogens with zero attached hydrogens (tertiary/aromatic N) is 6. The van der Waals surface area contributed by atoms with E-state index in [-0.39, 0.29) is 33.9 Å². The van der Waals surface area contributed by atoms with Crippen molar-refractivity contribution in [3.05, 3.63) is 155 Å². The van der Waals surface area contributed by atoms with Crippen LogP contribution >= 0.6 is 0 Å². The average Bonchev–Trinajstić information content (AvgIpc) is 3.66. The molecule has 6 heteroatoms. The maximum Gasteiger partial charge on any atom is 0.219 e. The molecule has 2 heterocycles. The maximum absolute atomic E-state index is 10.9. The van der Waals surface area contributed by atoms with Gasteiger partial charge in [0.15, 0.2) is 0 Å². The van der Waals surface area contributed by atoms with Crippen molar-refractivity contribution in [3.8, 4) is 23.5 Å². The van der Waals surface area contributed by atoms with Crippen LogP contribution in [0.1, 0.15) is 11.1 Å². The van der Waals surface area contributed by atoms with E-state index < -0.39 is 0 Å². The highest BCUT2D eigenvalue weighted by atomic mass is 15.0. The van der Waals surface area contributed by atoms with Crippen LogP contribution in [-0.2, 0) is 0 Å². The number of fused-ring (bicyclic) bond motifs is 10. The first-order valence-electron chi connectivity index (χ1n) is 15.3. The Bertz CT molecular complexity index is 2790. The Morgan fingerprint density at radius 1 is 0.438 bits per heavy atom. The molecule has 0 bridgehead atoms. The van der Waals surface area contributed by atoms with Crippen LogP contribution in [0.2, 0.25) is 0 Å². The summed E-state index contributed by atoms with van der Waals surface area (Å²) in [6.07, 6.45) is 0. The lowest BCUT2D eigenvalue weighted by atomic mass is 10.00. The molecule has 7 aromatic carbocycles. The summed E-state index contributed by atoms with van der Waals surface area (Å²) < 4.78 is 3.78. The van der Waals surface area contributed by atoms with Gasteiger partial charge in [-0.15, -0.1) is 0 Å². The standard InChI is InChI=1S/C42H20N6/c1-45-39-31(23-43)41(47-33-17-9-7-15-29(33)37-27-13-5-3-11-25(27)19-21-35(37)47)32(24-44)40(46-2)42(39)48-34-18-10-8-16-30(34)38-28-14-6-4-12-26(28)20-22-36(38)48/h3-22H. The second-order valence-electron chi connectivity index (χ2n) is 11.7. The summed E-state index contributed by atoms with van der Waals surface area (Å²) in [5, 5.41) is 29.9. The molecule has 0 saturated heterocycles. The molecule has 218 valence electrons. The van der Waals surface area contributed by atoms with Crippen molar-refractivity contribution in [1.82, 2.24) is 9.13 Å². The number of para-hydroxylation sites is 2. The van der Waals surface area contributed by atoms with Gasteiger partial charge in [0.05, 0.1) is 69.9 Å². The molecule has 0 fully saturated rings. The van der Waals surface area contributed by atoms with Crippen molar-refractivity contribution in [2.45, 2.75) is 0 Å². The number of hydrogen-bond acceptors (Lipinski definition) is 2. The summed E-state index contributed by atoms with van der Waals surface area (Å²) >= 11 is 0. The Morgan fingerprint density at radius 2 is 0.833 bits per heavy atom. The van der Waals surface area contributed by atoms with Crippen LogP contribution in [0.3, 0.4) is 0 Å². The molecule has 0 atom stereocenters. The van der Waals surface area contributed by atoms with E-state index in [1.54, 1.807) is 0 Å². The predicted octanol–water partition coefficient (Wildman–Crippen LogP) is 11.0. The summed E-state index contributed by atoms with van der Waals surface area (Å²) in [5.74, 6) is 0. The highest BCUT2D eigenvalue weighted by Gasteiger charge is 2.30. The molecule has 0 N–H and O–H groups in total. The normalized spacial score (nSPS) is 11.2. The van der Waals surface area contributed by atoms with Gasteiger partial charge in [-0.2, -0.15) is 10.5 Å². The highest BCUT2D eigenvalue weighted by Crippen LogP contribution is 2.49. The molecule has 2 aromatic heterocycles. The average molecular weight is 609 g/mol. The van der Waals surface area contributed by atoms with Crippen molar-refractivity contribution < 1.29 is 0 Å². The topological polar surface area (TPSA) is 66.2 Å². The van der Waals surface area contributed by atoms with Gasteiger partial charge in [-0.25, -0.2) is 9.69 Å². The van der Waals surface area contributed by atoms with Gasteiger partial charge in [0, 0.05) is 21.5 Å². The lowest BCUT2D eigenvalue weighted by Crippen LogP contribution is -2.06. The lowest BCUT2D eigenvalue weighted by molar-refractivity contribution is 1.14. The molecular formula is C42H20N6. The predicted molar refractivity (Wildman–Crippen MR) is 192 cm³/mol. The molecule has 0 aliphatic carbocycles. The molecule has 6 nitrogen and oxygen atoms in total. The summed E-state index contributed by atoms with van der Waals surface area (Å²) in [6, 6.07) is 44.6. The highest BCUT2D eigenvalue weighted by molar-refractivity contribution is 6.23. The van der Waals surface area contributed by atoms with Crippen molar-refractivity contribution >= 4 is 76.5 Å². The molecule has 0 radical (unpaired) electrons. The minimum absolute atomic E-state index is 0.0278. The molecule has 0 amide bonds. The van der Waals surface area contributed by atoms with Crippen LogP contribution in [0.4, 0.5) is 11.4 Å². The van der Waals surface area contributed by atoms with Crippen molar-refractivity contribution in [3.63, 3.8) is 0 Å². The van der Waals surface area contributed by atoms with Gasteiger partial charge < -0.3 is 9.13 Å². The summed E-state index contributed by atoms with van der Waals surface area (Å²) in [7, 11) is 0. The fraction of sp³-hybridized carbons (Fsp3) is 0. The van der Waals surface area contributed by atoms with E-state index in [0.29, 0.717) is 0 Å². The van der Waals surface area contributed by atoms with Crippen LogP contribution in [0.5, 0.6) is 0 Å². The van der Waals surface area contributed by atoms with Gasteiger partial charge in [-0.1, -0.05) is 97.1 Å². The molecule has 0 spiro atoms. The fourth-order valence-corrected chi connectivity index (χ4v) is 7.52. The van der Waals surface area contributed by atoms with Crippen LogP contribution in [-0.4, -0.2) is 9.13 Å². The van der Waals surface area contributed by atoms with Gasteiger partial charge in [-0.05, 0) is 45.8 Å². The molecule has 0 aliphatic rings. The second-order valence-corrected chi connectivity index (χ2v) is 11.7. The Kier molecular flexibility index (Phi) is 5.66. The van der Waals surface area contributed by atoms with Crippen molar-refractivity contribution in [2.24, 2.45) is 0 Å². The Hall–Kier alpha value is -7.38. The minimum Gasteiger partial charge on any atom is -0.329 e. The zero-order valence-corrected chi connectivity index (χ0v) is 25.2. The fourth-order valence-electron chi connectivity index (χ4n) is 7.52. The molecule has 9 rings (SSSR count). The van der Waals surface area contributed by atoms with E-state index >= 15 is 0 Å².